The van der Waals surface area contributed by atoms with E-state index >= 15 is 0 Å². The molecule has 1 fully saturated rings. The Bertz CT molecular complexity index is 1260. The smallest absolute Gasteiger partial charge is 0.174 e. The van der Waals surface area contributed by atoms with Gasteiger partial charge in [0.1, 0.15) is 11.6 Å². The summed E-state index contributed by atoms with van der Waals surface area (Å²) >= 11 is 5.76. The van der Waals surface area contributed by atoms with Crippen LogP contribution in [-0.4, -0.2) is 19.6 Å². The lowest BCUT2D eigenvalue weighted by atomic mass is 9.96. The highest BCUT2D eigenvalue weighted by Gasteiger charge is 2.42. The summed E-state index contributed by atoms with van der Waals surface area (Å²) in [5.74, 6) is 0.586. The number of thiocarbonyl (C=S) groups is 1. The molecule has 0 spiro atoms. The highest BCUT2D eigenvalue weighted by Crippen LogP contribution is 2.43. The van der Waals surface area contributed by atoms with Crippen LogP contribution in [0.15, 0.2) is 79.1 Å². The van der Waals surface area contributed by atoms with Crippen LogP contribution in [0, 0.1) is 19.7 Å². The molecule has 1 N–H and O–H groups in total. The summed E-state index contributed by atoms with van der Waals surface area (Å²) in [6.07, 6.45) is 3.58. The molecule has 0 bridgehead atoms. The zero-order valence-corrected chi connectivity index (χ0v) is 18.6. The van der Waals surface area contributed by atoms with Gasteiger partial charge in [-0.25, -0.2) is 9.37 Å². The van der Waals surface area contributed by atoms with Gasteiger partial charge in [-0.2, -0.15) is 0 Å². The Hall–Kier alpha value is -3.58. The van der Waals surface area contributed by atoms with Crippen LogP contribution in [-0.2, 0) is 0 Å². The molecule has 0 unspecified atom stereocenters. The molecular weight excluding hydrogens is 421 g/mol. The molecule has 32 heavy (non-hydrogen) atoms. The van der Waals surface area contributed by atoms with Crippen LogP contribution < -0.4 is 10.2 Å². The predicted molar refractivity (Wildman–Crippen MR) is 127 cm³/mol. The molecule has 5 rings (SSSR count). The number of aryl methyl sites for hydroxylation is 1. The summed E-state index contributed by atoms with van der Waals surface area (Å²) in [4.78, 5) is 11.2. The number of pyridine rings is 2. The van der Waals surface area contributed by atoms with Crippen molar-refractivity contribution in [3.8, 4) is 5.82 Å². The van der Waals surface area contributed by atoms with Gasteiger partial charge in [0.2, 0.25) is 0 Å². The minimum absolute atomic E-state index is 0.161. The summed E-state index contributed by atoms with van der Waals surface area (Å²) in [6.45, 7) is 4.17. The second-order valence-corrected chi connectivity index (χ2v) is 8.21. The topological polar surface area (TPSA) is 46.0 Å². The first-order valence-corrected chi connectivity index (χ1v) is 10.8. The Balaban J connectivity index is 1.68. The normalized spacial score (nSPS) is 18.1. The zero-order valence-electron chi connectivity index (χ0n) is 17.7. The quantitative estimate of drug-likeness (QED) is 0.439. The van der Waals surface area contributed by atoms with Crippen molar-refractivity contribution in [2.75, 3.05) is 4.90 Å². The average Bonchev–Trinajstić information content (AvgIpc) is 3.31. The van der Waals surface area contributed by atoms with Crippen LogP contribution >= 0.6 is 12.2 Å². The second-order valence-electron chi connectivity index (χ2n) is 7.82. The second kappa shape index (κ2) is 8.16. The fourth-order valence-corrected chi connectivity index (χ4v) is 4.82. The first kappa shape index (κ1) is 20.3. The van der Waals surface area contributed by atoms with E-state index in [1.165, 1.54) is 12.1 Å². The van der Waals surface area contributed by atoms with E-state index in [9.17, 15) is 4.39 Å². The van der Waals surface area contributed by atoms with Gasteiger partial charge in [0, 0.05) is 29.5 Å². The fourth-order valence-electron chi connectivity index (χ4n) is 4.48. The first-order valence-electron chi connectivity index (χ1n) is 10.4. The molecule has 3 aromatic heterocycles. The van der Waals surface area contributed by atoms with E-state index in [0.29, 0.717) is 5.11 Å². The summed E-state index contributed by atoms with van der Waals surface area (Å²) in [5, 5.41) is 4.04. The van der Waals surface area contributed by atoms with E-state index in [0.717, 1.165) is 34.2 Å². The molecule has 7 heteroatoms. The Morgan fingerprint density at radius 2 is 1.66 bits per heavy atom. The van der Waals surface area contributed by atoms with Crippen LogP contribution in [0.3, 0.4) is 0 Å². The van der Waals surface area contributed by atoms with Gasteiger partial charge in [-0.15, -0.1) is 0 Å². The monoisotopic (exact) mass is 443 g/mol. The Morgan fingerprint density at radius 3 is 2.31 bits per heavy atom. The summed E-state index contributed by atoms with van der Waals surface area (Å²) in [5.41, 5.74) is 4.99. The minimum atomic E-state index is -0.280. The molecule has 0 amide bonds. The number of anilines is 1. The third-order valence-corrected chi connectivity index (χ3v) is 6.18. The van der Waals surface area contributed by atoms with Crippen molar-refractivity contribution in [3.63, 3.8) is 0 Å². The standard InChI is InChI=1S/C25H22FN5S/c1-16-15-20(17(2)30(16)22-8-4-6-14-28-22)24-23(21-7-3-5-13-27-21)29-25(32)31(24)19-11-9-18(26)10-12-19/h3-15,23-24H,1-2H3,(H,29,32)/t23-,24+/m1/s1. The molecule has 1 aromatic carbocycles. The number of hydrogen-bond donors (Lipinski definition) is 1. The maximum Gasteiger partial charge on any atom is 0.174 e. The van der Waals surface area contributed by atoms with Crippen LogP contribution in [0.2, 0.25) is 0 Å². The fraction of sp³-hybridized carbons (Fsp3) is 0.160. The molecule has 1 aliphatic rings. The van der Waals surface area contributed by atoms with Crippen LogP contribution in [0.1, 0.15) is 34.7 Å². The Morgan fingerprint density at radius 1 is 0.938 bits per heavy atom. The van der Waals surface area contributed by atoms with Gasteiger partial charge in [-0.1, -0.05) is 12.1 Å². The lowest BCUT2D eigenvalue weighted by Gasteiger charge is -2.28. The Kier molecular flexibility index (Phi) is 5.19. The average molecular weight is 444 g/mol. The SMILES string of the molecule is Cc1cc([C@H]2[C@@H](c3ccccn3)NC(=S)N2c2ccc(F)cc2)c(C)n1-c1ccccn1. The summed E-state index contributed by atoms with van der Waals surface area (Å²) < 4.78 is 15.8. The summed E-state index contributed by atoms with van der Waals surface area (Å²) in [6, 6.07) is 20.0. The van der Waals surface area contributed by atoms with Crippen LogP contribution in [0.25, 0.3) is 5.82 Å². The lowest BCUT2D eigenvalue weighted by Crippen LogP contribution is -2.29. The van der Waals surface area contributed by atoms with Crippen molar-refractivity contribution >= 4 is 23.0 Å². The van der Waals surface area contributed by atoms with Gasteiger partial charge in [0.05, 0.1) is 17.8 Å². The van der Waals surface area contributed by atoms with Gasteiger partial charge in [0.15, 0.2) is 5.11 Å². The highest BCUT2D eigenvalue weighted by atomic mass is 32.1. The maximum absolute atomic E-state index is 13.7. The van der Waals surface area contributed by atoms with E-state index in [2.05, 4.69) is 44.7 Å². The zero-order chi connectivity index (χ0) is 22.2. The van der Waals surface area contributed by atoms with Gasteiger partial charge in [0.25, 0.3) is 0 Å². The molecule has 1 saturated heterocycles. The van der Waals surface area contributed by atoms with E-state index in [-0.39, 0.29) is 17.9 Å². The number of rotatable bonds is 4. The van der Waals surface area contributed by atoms with Crippen molar-refractivity contribution in [2.45, 2.75) is 25.9 Å². The lowest BCUT2D eigenvalue weighted by molar-refractivity contribution is 0.565. The van der Waals surface area contributed by atoms with Gasteiger partial charge in [-0.05, 0) is 86.2 Å². The van der Waals surface area contributed by atoms with Crippen molar-refractivity contribution in [1.82, 2.24) is 19.9 Å². The molecule has 160 valence electrons. The third-order valence-electron chi connectivity index (χ3n) is 5.87. The van der Waals surface area contributed by atoms with E-state index in [4.69, 9.17) is 12.2 Å². The molecule has 4 heterocycles. The molecule has 5 nitrogen and oxygen atoms in total. The molecule has 1 aliphatic heterocycles. The number of nitrogens with zero attached hydrogens (tertiary/aromatic N) is 4. The summed E-state index contributed by atoms with van der Waals surface area (Å²) in [7, 11) is 0. The maximum atomic E-state index is 13.7. The van der Waals surface area contributed by atoms with Gasteiger partial charge >= 0.3 is 0 Å². The van der Waals surface area contributed by atoms with Gasteiger partial charge in [-0.3, -0.25) is 4.98 Å². The number of hydrogen-bond acceptors (Lipinski definition) is 3. The highest BCUT2D eigenvalue weighted by molar-refractivity contribution is 7.80. The predicted octanol–water partition coefficient (Wildman–Crippen LogP) is 5.20. The molecule has 4 aromatic rings. The largest absolute Gasteiger partial charge is 0.351 e. The van der Waals surface area contributed by atoms with Gasteiger partial charge < -0.3 is 14.8 Å². The number of halogens is 1. The van der Waals surface area contributed by atoms with Crippen molar-refractivity contribution in [2.24, 2.45) is 0 Å². The first-order chi connectivity index (χ1) is 15.5. The Labute approximate surface area is 191 Å². The number of aromatic nitrogens is 3. The van der Waals surface area contributed by atoms with Crippen LogP contribution in [0.4, 0.5) is 10.1 Å². The molecular formula is C25H22FN5S. The van der Waals surface area contributed by atoms with E-state index in [1.54, 1.807) is 24.5 Å². The van der Waals surface area contributed by atoms with Crippen molar-refractivity contribution in [1.29, 1.82) is 0 Å². The van der Waals surface area contributed by atoms with Crippen molar-refractivity contribution < 1.29 is 4.39 Å². The van der Waals surface area contributed by atoms with Crippen LogP contribution in [0.5, 0.6) is 0 Å². The molecule has 0 radical (unpaired) electrons. The third kappa shape index (κ3) is 3.44. The molecule has 2 atom stereocenters. The molecule has 0 aliphatic carbocycles. The molecule has 0 saturated carbocycles. The number of nitrogens with one attached hydrogen (secondary N) is 1. The van der Waals surface area contributed by atoms with E-state index < -0.39 is 0 Å². The number of benzene rings is 1. The van der Waals surface area contributed by atoms with Crippen molar-refractivity contribution in [3.05, 3.63) is 108 Å². The van der Waals surface area contributed by atoms with E-state index in [1.807, 2.05) is 36.4 Å². The minimum Gasteiger partial charge on any atom is -0.351 e.